The Morgan fingerprint density at radius 1 is 1.11 bits per heavy atom. The summed E-state index contributed by atoms with van der Waals surface area (Å²) in [5.41, 5.74) is 10.5. The first-order valence-electron chi connectivity index (χ1n) is 8.50. The number of amides is 2. The van der Waals surface area contributed by atoms with Gasteiger partial charge in [-0.2, -0.15) is 0 Å². The van der Waals surface area contributed by atoms with Crippen molar-refractivity contribution in [1.82, 2.24) is 0 Å². The molecule has 2 aromatic carbocycles. The molecule has 1 aromatic heterocycles. The average molecular weight is 377 g/mol. The van der Waals surface area contributed by atoms with Crippen molar-refractivity contribution >= 4 is 45.3 Å². The number of nitrogens with two attached hydrogens (primary N) is 1. The van der Waals surface area contributed by atoms with Crippen LogP contribution in [0.5, 0.6) is 0 Å². The van der Waals surface area contributed by atoms with Crippen molar-refractivity contribution in [1.29, 1.82) is 0 Å². The molecule has 1 aliphatic rings. The summed E-state index contributed by atoms with van der Waals surface area (Å²) in [6.45, 7) is 2.47. The van der Waals surface area contributed by atoms with Gasteiger partial charge in [-0.1, -0.05) is 12.1 Å². The van der Waals surface area contributed by atoms with E-state index in [1.807, 2.05) is 66.9 Å². The van der Waals surface area contributed by atoms with E-state index >= 15 is 0 Å². The monoisotopic (exact) mass is 377 g/mol. The summed E-state index contributed by atoms with van der Waals surface area (Å²) in [7, 11) is 0. The molecule has 2 amide bonds. The molecule has 0 fully saturated rings. The number of benzene rings is 2. The Morgan fingerprint density at radius 2 is 1.89 bits per heavy atom. The minimum Gasteiger partial charge on any atom is -0.383 e. The number of hydrogen-bond acceptors (Lipinski definition) is 5. The van der Waals surface area contributed by atoms with Gasteiger partial charge in [-0.15, -0.1) is 11.3 Å². The highest BCUT2D eigenvalue weighted by atomic mass is 32.1. The maximum Gasteiger partial charge on any atom is 0.323 e. The predicted molar refractivity (Wildman–Crippen MR) is 112 cm³/mol. The minimum absolute atomic E-state index is 0.274. The Balaban J connectivity index is 1.45. The van der Waals surface area contributed by atoms with E-state index in [1.165, 1.54) is 0 Å². The molecule has 0 radical (unpaired) electrons. The molecule has 4 N–H and O–H groups in total. The van der Waals surface area contributed by atoms with E-state index in [2.05, 4.69) is 20.5 Å². The summed E-state index contributed by atoms with van der Waals surface area (Å²) < 4.78 is 0. The van der Waals surface area contributed by atoms with Gasteiger partial charge in [0.1, 0.15) is 17.5 Å². The second-order valence-corrected chi connectivity index (χ2v) is 7.14. The number of anilines is 4. The largest absolute Gasteiger partial charge is 0.383 e. The summed E-state index contributed by atoms with van der Waals surface area (Å²) in [6.07, 6.45) is 0. The lowest BCUT2D eigenvalue weighted by molar-refractivity contribution is 0.262. The summed E-state index contributed by atoms with van der Waals surface area (Å²) in [5, 5.41) is 8.78. The van der Waals surface area contributed by atoms with Crippen LogP contribution in [0.25, 0.3) is 0 Å². The average Bonchev–Trinajstić information content (AvgIpc) is 3.14. The second-order valence-electron chi connectivity index (χ2n) is 6.25. The molecule has 0 unspecified atom stereocenters. The summed E-state index contributed by atoms with van der Waals surface area (Å²) >= 11 is 1.63. The first kappa shape index (κ1) is 17.1. The van der Waals surface area contributed by atoms with Crippen LogP contribution in [0.3, 0.4) is 0 Å². The second kappa shape index (κ2) is 7.13. The van der Waals surface area contributed by atoms with Gasteiger partial charge in [0, 0.05) is 17.1 Å². The molecule has 1 aliphatic heterocycles. The van der Waals surface area contributed by atoms with E-state index in [0.717, 1.165) is 33.2 Å². The summed E-state index contributed by atoms with van der Waals surface area (Å²) in [5.74, 6) is 0.577. The molecule has 136 valence electrons. The number of fused-ring (bicyclic) bond motifs is 1. The predicted octanol–water partition coefficient (Wildman–Crippen LogP) is 4.52. The molecule has 0 saturated carbocycles. The molecule has 2 heterocycles. The highest BCUT2D eigenvalue weighted by Gasteiger charge is 2.21. The van der Waals surface area contributed by atoms with E-state index in [1.54, 1.807) is 11.3 Å². The van der Waals surface area contributed by atoms with E-state index in [9.17, 15) is 4.79 Å². The molecule has 0 atom stereocenters. The van der Waals surface area contributed by atoms with Crippen LogP contribution in [0.1, 0.15) is 11.1 Å². The highest BCUT2D eigenvalue weighted by Crippen LogP contribution is 2.36. The molecule has 6 nitrogen and oxygen atoms in total. The molecule has 27 heavy (non-hydrogen) atoms. The summed E-state index contributed by atoms with van der Waals surface area (Å²) in [6, 6.07) is 17.1. The lowest BCUT2D eigenvalue weighted by Gasteiger charge is -2.26. The Kier molecular flexibility index (Phi) is 4.52. The van der Waals surface area contributed by atoms with Gasteiger partial charge in [-0.05, 0) is 60.3 Å². The van der Waals surface area contributed by atoms with E-state index in [-0.39, 0.29) is 6.03 Å². The third-order valence-corrected chi connectivity index (χ3v) is 5.20. The van der Waals surface area contributed by atoms with Crippen LogP contribution in [0.2, 0.25) is 0 Å². The molecule has 0 saturated heterocycles. The third-order valence-electron chi connectivity index (χ3n) is 4.26. The fourth-order valence-electron chi connectivity index (χ4n) is 2.94. The molecule has 4 rings (SSSR count). The van der Waals surface area contributed by atoms with Crippen molar-refractivity contribution in [2.75, 3.05) is 22.2 Å². The standard InChI is InChI=1S/C20H19N5OS/c1-13-3-2-4-15(11-13)24-20(26)23-14-5-7-16(8-6-14)25-12-22-18(21)17-9-10-27-19(17)25/h2-11H,12H2,1H3,(H2,21,22)(H2,23,24,26). The maximum absolute atomic E-state index is 12.2. The Hall–Kier alpha value is -3.32. The zero-order valence-corrected chi connectivity index (χ0v) is 15.6. The Morgan fingerprint density at radius 3 is 2.67 bits per heavy atom. The van der Waals surface area contributed by atoms with E-state index in [0.29, 0.717) is 12.5 Å². The number of nitrogens with one attached hydrogen (secondary N) is 2. The number of hydrogen-bond donors (Lipinski definition) is 3. The van der Waals surface area contributed by atoms with Gasteiger partial charge in [0.05, 0.1) is 5.56 Å². The van der Waals surface area contributed by atoms with Crippen LogP contribution < -0.4 is 21.3 Å². The fraction of sp³-hybridized carbons (Fsp3) is 0.100. The van der Waals surface area contributed by atoms with Crippen molar-refractivity contribution in [3.8, 4) is 0 Å². The Bertz CT molecular complexity index is 1010. The van der Waals surface area contributed by atoms with E-state index < -0.39 is 0 Å². The van der Waals surface area contributed by atoms with Crippen LogP contribution in [-0.4, -0.2) is 18.5 Å². The van der Waals surface area contributed by atoms with Gasteiger partial charge in [0.15, 0.2) is 0 Å². The van der Waals surface area contributed by atoms with Gasteiger partial charge in [0.25, 0.3) is 0 Å². The Labute approximate surface area is 161 Å². The normalized spacial score (nSPS) is 12.9. The number of nitrogens with zero attached hydrogens (tertiary/aromatic N) is 2. The topological polar surface area (TPSA) is 82.8 Å². The third kappa shape index (κ3) is 3.63. The lowest BCUT2D eigenvalue weighted by atomic mass is 10.2. The number of amidine groups is 1. The number of aryl methyl sites for hydroxylation is 1. The van der Waals surface area contributed by atoms with Gasteiger partial charge in [-0.3, -0.25) is 0 Å². The number of aliphatic imine (C=N–C) groups is 1. The zero-order valence-electron chi connectivity index (χ0n) is 14.8. The van der Waals surface area contributed by atoms with Gasteiger partial charge < -0.3 is 21.3 Å². The SMILES string of the molecule is Cc1cccc(NC(=O)Nc2ccc(N3CN=C(N)c4ccsc43)cc2)c1. The number of thiophene rings is 1. The first-order valence-corrected chi connectivity index (χ1v) is 9.38. The van der Waals surface area contributed by atoms with Crippen molar-refractivity contribution in [3.05, 3.63) is 71.1 Å². The number of carbonyl (C=O) groups is 1. The molecular formula is C20H19N5OS. The highest BCUT2D eigenvalue weighted by molar-refractivity contribution is 7.14. The van der Waals surface area contributed by atoms with Crippen molar-refractivity contribution < 1.29 is 4.79 Å². The van der Waals surface area contributed by atoms with Crippen LogP contribution in [0.15, 0.2) is 65.0 Å². The smallest absolute Gasteiger partial charge is 0.323 e. The molecule has 0 aliphatic carbocycles. The zero-order chi connectivity index (χ0) is 18.8. The number of carbonyl (C=O) groups excluding carboxylic acids is 1. The minimum atomic E-state index is -0.274. The van der Waals surface area contributed by atoms with Crippen LogP contribution in [-0.2, 0) is 0 Å². The maximum atomic E-state index is 12.2. The van der Waals surface area contributed by atoms with Crippen LogP contribution >= 0.6 is 11.3 Å². The first-order chi connectivity index (χ1) is 13.1. The number of rotatable bonds is 3. The molecule has 3 aromatic rings. The molecule has 0 bridgehead atoms. The van der Waals surface area contributed by atoms with Crippen LogP contribution in [0, 0.1) is 6.92 Å². The quantitative estimate of drug-likeness (QED) is 0.628. The van der Waals surface area contributed by atoms with Gasteiger partial charge >= 0.3 is 6.03 Å². The summed E-state index contributed by atoms with van der Waals surface area (Å²) in [4.78, 5) is 18.7. The van der Waals surface area contributed by atoms with Crippen molar-refractivity contribution in [2.45, 2.75) is 6.92 Å². The molecule has 0 spiro atoms. The number of urea groups is 1. The van der Waals surface area contributed by atoms with Crippen molar-refractivity contribution in [3.63, 3.8) is 0 Å². The van der Waals surface area contributed by atoms with Gasteiger partial charge in [-0.25, -0.2) is 9.79 Å². The van der Waals surface area contributed by atoms with E-state index in [4.69, 9.17) is 5.73 Å². The molecule has 7 heteroatoms. The lowest BCUT2D eigenvalue weighted by Crippen LogP contribution is -2.27. The van der Waals surface area contributed by atoms with Crippen LogP contribution in [0.4, 0.5) is 26.9 Å². The van der Waals surface area contributed by atoms with Crippen molar-refractivity contribution in [2.24, 2.45) is 10.7 Å². The molecular weight excluding hydrogens is 358 g/mol. The van der Waals surface area contributed by atoms with Gasteiger partial charge in [0.2, 0.25) is 0 Å². The fourth-order valence-corrected chi connectivity index (χ4v) is 3.86.